The summed E-state index contributed by atoms with van der Waals surface area (Å²) in [5, 5.41) is 0.0741. The number of carbonyl (C=O) groups is 2. The fourth-order valence-corrected chi connectivity index (χ4v) is 6.22. The number of hydrogen-bond donors (Lipinski definition) is 3. The van der Waals surface area contributed by atoms with Crippen LogP contribution in [-0.2, 0) is 25.9 Å². The van der Waals surface area contributed by atoms with Crippen molar-refractivity contribution in [1.29, 1.82) is 0 Å². The Labute approximate surface area is 232 Å². The van der Waals surface area contributed by atoms with Crippen molar-refractivity contribution in [3.8, 4) is 5.75 Å². The minimum absolute atomic E-state index is 0.0863. The number of carbonyl (C=O) groups excluding carboxylic acids is 2. The van der Waals surface area contributed by atoms with Crippen LogP contribution in [-0.4, -0.2) is 71.0 Å². The van der Waals surface area contributed by atoms with E-state index in [0.717, 1.165) is 6.07 Å². The minimum Gasteiger partial charge on any atom is -0.481 e. The molecule has 2 atom stereocenters. The van der Waals surface area contributed by atoms with E-state index in [1.165, 1.54) is 52.9 Å². The Morgan fingerprint density at radius 3 is 2.65 bits per heavy atom. The first-order valence-corrected chi connectivity index (χ1v) is 15.5. The molecule has 1 saturated heterocycles. The van der Waals surface area contributed by atoms with E-state index < -0.39 is 52.8 Å². The largest absolute Gasteiger partial charge is 0.481 e. The van der Waals surface area contributed by atoms with Crippen molar-refractivity contribution in [2.24, 2.45) is 0 Å². The zero-order valence-electron chi connectivity index (χ0n) is 21.0. The first-order chi connectivity index (χ1) is 18.7. The summed E-state index contributed by atoms with van der Waals surface area (Å²) < 4.78 is 74.0. The summed E-state index contributed by atoms with van der Waals surface area (Å²) in [5.41, 5.74) is 0.633. The Hall–Kier alpha value is -2.87. The van der Waals surface area contributed by atoms with Crippen LogP contribution in [0.25, 0.3) is 10.9 Å². The summed E-state index contributed by atoms with van der Waals surface area (Å²) in [7, 11) is -8.83. The number of alkyl halides is 1. The molecule has 0 aliphatic carbocycles. The zero-order chi connectivity index (χ0) is 29.4. The van der Waals surface area contributed by atoms with Crippen LogP contribution < -0.4 is 9.46 Å². The second-order valence-corrected chi connectivity index (χ2v) is 13.0. The van der Waals surface area contributed by atoms with Gasteiger partial charge >= 0.3 is 7.60 Å². The smallest absolute Gasteiger partial charge is 0.362 e. The van der Waals surface area contributed by atoms with Gasteiger partial charge in [0.25, 0.3) is 0 Å². The summed E-state index contributed by atoms with van der Waals surface area (Å²) >= 11 is 5.68. The molecule has 2 unspecified atom stereocenters. The van der Waals surface area contributed by atoms with Crippen molar-refractivity contribution in [2.75, 3.05) is 19.4 Å². The van der Waals surface area contributed by atoms with E-state index in [9.17, 15) is 31.4 Å². The van der Waals surface area contributed by atoms with Gasteiger partial charge < -0.3 is 24.0 Å². The molecule has 0 radical (unpaired) electrons. The van der Waals surface area contributed by atoms with Crippen LogP contribution in [0.2, 0.25) is 5.02 Å². The molecule has 0 bridgehead atoms. The van der Waals surface area contributed by atoms with Gasteiger partial charge in [-0.25, -0.2) is 21.9 Å². The molecule has 1 aliphatic heterocycles. The molecule has 1 aromatic heterocycles. The lowest BCUT2D eigenvalue weighted by Gasteiger charge is -2.25. The van der Waals surface area contributed by atoms with Crippen molar-refractivity contribution in [3.63, 3.8) is 0 Å². The van der Waals surface area contributed by atoms with E-state index in [1.807, 2.05) is 0 Å². The molecule has 2 heterocycles. The summed E-state index contributed by atoms with van der Waals surface area (Å²) in [6, 6.07) is 6.96. The molecular weight excluding hydrogens is 595 g/mol. The lowest BCUT2D eigenvalue weighted by atomic mass is 10.1. The maximum atomic E-state index is 14.4. The van der Waals surface area contributed by atoms with Gasteiger partial charge in [0, 0.05) is 42.2 Å². The van der Waals surface area contributed by atoms with Crippen LogP contribution in [0.5, 0.6) is 5.75 Å². The monoisotopic (exact) mass is 619 g/mol. The van der Waals surface area contributed by atoms with E-state index in [1.54, 1.807) is 0 Å². The first kappa shape index (κ1) is 30.1. The van der Waals surface area contributed by atoms with Gasteiger partial charge in [0.15, 0.2) is 17.9 Å². The van der Waals surface area contributed by atoms with Gasteiger partial charge in [-0.1, -0.05) is 17.7 Å². The van der Waals surface area contributed by atoms with Gasteiger partial charge in [-0.15, -0.1) is 0 Å². The van der Waals surface area contributed by atoms with Crippen LogP contribution in [0.15, 0.2) is 47.5 Å². The summed E-state index contributed by atoms with van der Waals surface area (Å²) in [4.78, 5) is 44.2. The maximum Gasteiger partial charge on any atom is 0.362 e. The number of ketones is 1. The number of amides is 1. The number of ether oxygens (including phenoxy) is 1. The SMILES string of the molecule is CC(=O)c1cn(CC(=O)N2CC(F)CC2CNS(=O)(=O)c2cccc(Cl)c2F)c2cc(OCP(=O)(O)O)ccc12. The number of Topliss-reactive ketones (excluding diaryl/α,β-unsaturated/α-hetero) is 1. The number of fused-ring (bicyclic) bond motifs is 1. The molecule has 0 spiro atoms. The number of hydrogen-bond acceptors (Lipinski definition) is 6. The minimum atomic E-state index is -4.46. The average molecular weight is 620 g/mol. The lowest BCUT2D eigenvalue weighted by Crippen LogP contribution is -2.44. The summed E-state index contributed by atoms with van der Waals surface area (Å²) in [5.74, 6) is -1.93. The molecule has 2 aromatic carbocycles. The van der Waals surface area contributed by atoms with Crippen molar-refractivity contribution in [2.45, 2.75) is 37.0 Å². The predicted molar refractivity (Wildman–Crippen MR) is 141 cm³/mol. The van der Waals surface area contributed by atoms with Crippen molar-refractivity contribution in [3.05, 3.63) is 59.0 Å². The van der Waals surface area contributed by atoms with E-state index in [2.05, 4.69) is 4.72 Å². The van der Waals surface area contributed by atoms with Crippen LogP contribution in [0.4, 0.5) is 8.78 Å². The molecule has 1 amide bonds. The second-order valence-electron chi connectivity index (χ2n) is 9.28. The van der Waals surface area contributed by atoms with Crippen LogP contribution in [0.3, 0.4) is 0 Å². The van der Waals surface area contributed by atoms with Crippen LogP contribution in [0, 0.1) is 5.82 Å². The number of rotatable bonds is 10. The third kappa shape index (κ3) is 6.70. The van der Waals surface area contributed by atoms with Gasteiger partial charge in [-0.2, -0.15) is 0 Å². The highest BCUT2D eigenvalue weighted by Gasteiger charge is 2.36. The predicted octanol–water partition coefficient (Wildman–Crippen LogP) is 3.07. The highest BCUT2D eigenvalue weighted by Crippen LogP contribution is 2.35. The van der Waals surface area contributed by atoms with E-state index in [-0.39, 0.29) is 48.2 Å². The number of aromatic nitrogens is 1. The Balaban J connectivity index is 1.55. The Morgan fingerprint density at radius 2 is 1.98 bits per heavy atom. The number of halogens is 3. The highest BCUT2D eigenvalue weighted by molar-refractivity contribution is 7.89. The topological polar surface area (TPSA) is 155 Å². The van der Waals surface area contributed by atoms with E-state index in [0.29, 0.717) is 10.9 Å². The van der Waals surface area contributed by atoms with Crippen LogP contribution >= 0.6 is 19.2 Å². The molecule has 3 N–H and O–H groups in total. The maximum absolute atomic E-state index is 14.4. The molecule has 1 aliphatic rings. The Bertz CT molecular complexity index is 1630. The van der Waals surface area contributed by atoms with Gasteiger partial charge in [-0.05, 0) is 31.2 Å². The van der Waals surface area contributed by atoms with E-state index >= 15 is 0 Å². The Morgan fingerprint density at radius 1 is 1.25 bits per heavy atom. The van der Waals surface area contributed by atoms with Crippen molar-refractivity contribution in [1.82, 2.24) is 14.2 Å². The van der Waals surface area contributed by atoms with Gasteiger partial charge in [0.05, 0.1) is 17.1 Å². The average Bonchev–Trinajstić information content (AvgIpc) is 3.42. The molecular formula is C24H25ClF2N3O8PS. The molecule has 1 fully saturated rings. The van der Waals surface area contributed by atoms with Crippen molar-refractivity contribution >= 4 is 51.8 Å². The van der Waals surface area contributed by atoms with Gasteiger partial charge in [-0.3, -0.25) is 14.2 Å². The quantitative estimate of drug-likeness (QED) is 0.231. The van der Waals surface area contributed by atoms with Crippen molar-refractivity contribution < 1.29 is 45.9 Å². The summed E-state index contributed by atoms with van der Waals surface area (Å²) in [6.45, 7) is 0.293. The van der Waals surface area contributed by atoms with Crippen LogP contribution in [0.1, 0.15) is 23.7 Å². The number of benzene rings is 2. The Kier molecular flexibility index (Phi) is 8.69. The molecule has 0 saturated carbocycles. The standard InChI is InChI=1S/C24H25ClF2N3O8PS/c1-14(31)19-11-29(21-8-17(5-6-18(19)21)38-13-39(33,34)35)12-23(32)30-10-15(26)7-16(30)9-28-40(36,37)22-4-2-3-20(25)24(22)27/h2-6,8,11,15-16,28H,7,9-10,12-13H2,1H3,(H2,33,34,35). The van der Waals surface area contributed by atoms with Gasteiger partial charge in [0.1, 0.15) is 23.4 Å². The molecule has 40 heavy (non-hydrogen) atoms. The third-order valence-electron chi connectivity index (χ3n) is 6.34. The molecule has 4 rings (SSSR count). The first-order valence-electron chi connectivity index (χ1n) is 11.8. The second kappa shape index (κ2) is 11.6. The lowest BCUT2D eigenvalue weighted by molar-refractivity contribution is -0.132. The molecule has 216 valence electrons. The highest BCUT2D eigenvalue weighted by atomic mass is 35.5. The summed E-state index contributed by atoms with van der Waals surface area (Å²) in [6.07, 6.45) is -1.03. The number of nitrogens with zero attached hydrogens (tertiary/aromatic N) is 2. The molecule has 3 aromatic rings. The number of sulfonamides is 1. The normalized spacial score (nSPS) is 17.9. The van der Waals surface area contributed by atoms with E-state index in [4.69, 9.17) is 26.1 Å². The fraction of sp³-hybridized carbons (Fsp3) is 0.333. The molecule has 16 heteroatoms. The third-order valence-corrected chi connectivity index (χ3v) is 8.53. The molecule has 11 nitrogen and oxygen atoms in total. The van der Waals surface area contributed by atoms with Gasteiger partial charge in [0.2, 0.25) is 15.9 Å². The number of likely N-dealkylation sites (tertiary alicyclic amines) is 1. The zero-order valence-corrected chi connectivity index (χ0v) is 23.4. The fourth-order valence-electron chi connectivity index (χ4n) is 4.50. The number of nitrogens with one attached hydrogen (secondary N) is 1.